The highest BCUT2D eigenvalue weighted by atomic mass is 28.5. The number of hydrogen-bond acceptors (Lipinski definition) is 10. The molecular formula is C3H16N4O10Si2. The average molecular weight is 324 g/mol. The van der Waals surface area contributed by atoms with Gasteiger partial charge in [-0.25, -0.2) is 9.59 Å². The van der Waals surface area contributed by atoms with Crippen LogP contribution < -0.4 is 22.9 Å². The van der Waals surface area contributed by atoms with Crippen molar-refractivity contribution in [3.05, 3.63) is 0 Å². The molecule has 14 nitrogen and oxygen atoms in total. The summed E-state index contributed by atoms with van der Waals surface area (Å²) in [6.07, 6.45) is 0. The SMILES string of the molecule is C=O.NC(N)=O.NC(N)=O.O[Si](O)(O)O[Si](O)(O)O. The van der Waals surface area contributed by atoms with Crippen molar-refractivity contribution in [1.29, 1.82) is 0 Å². The molecule has 0 aliphatic carbocycles. The summed E-state index contributed by atoms with van der Waals surface area (Å²) < 4.78 is 3.24. The van der Waals surface area contributed by atoms with E-state index >= 15 is 0 Å². The molecule has 0 saturated heterocycles. The molecule has 0 spiro atoms. The highest BCUT2D eigenvalue weighted by molar-refractivity contribution is 6.63. The number of primary amides is 4. The molecule has 0 aromatic heterocycles. The van der Waals surface area contributed by atoms with Gasteiger partial charge in [0.2, 0.25) is 0 Å². The minimum absolute atomic E-state index is 0.833. The molecule has 0 aliphatic rings. The normalized spacial score (nSPS) is 9.37. The minimum atomic E-state index is -4.98. The van der Waals surface area contributed by atoms with Gasteiger partial charge in [0, 0.05) is 0 Å². The maximum absolute atomic E-state index is 9.00. The molecule has 0 rings (SSSR count). The quantitative estimate of drug-likeness (QED) is 0.214. The van der Waals surface area contributed by atoms with E-state index in [9.17, 15) is 0 Å². The predicted molar refractivity (Wildman–Crippen MR) is 60.6 cm³/mol. The summed E-state index contributed by atoms with van der Waals surface area (Å²) in [6, 6.07) is -1.67. The van der Waals surface area contributed by atoms with Crippen LogP contribution in [0.3, 0.4) is 0 Å². The summed E-state index contributed by atoms with van der Waals surface area (Å²) in [6.45, 7) is 2.00. The lowest BCUT2D eigenvalue weighted by Gasteiger charge is -2.13. The first-order chi connectivity index (χ1) is 8.17. The van der Waals surface area contributed by atoms with Crippen molar-refractivity contribution in [1.82, 2.24) is 0 Å². The van der Waals surface area contributed by atoms with E-state index in [-0.39, 0.29) is 0 Å². The van der Waals surface area contributed by atoms with Gasteiger partial charge in [0.05, 0.1) is 0 Å². The zero-order chi connectivity index (χ0) is 16.9. The summed E-state index contributed by atoms with van der Waals surface area (Å²) >= 11 is 0. The van der Waals surface area contributed by atoms with Gasteiger partial charge >= 0.3 is 30.2 Å². The van der Waals surface area contributed by atoms with Crippen molar-refractivity contribution in [3.8, 4) is 0 Å². The zero-order valence-electron chi connectivity index (χ0n) is 9.33. The highest BCUT2D eigenvalue weighted by Gasteiger charge is 2.45. The summed E-state index contributed by atoms with van der Waals surface area (Å²) in [5.74, 6) is 0. The summed E-state index contributed by atoms with van der Waals surface area (Å²) in [5.41, 5.74) is 17.0. The fourth-order valence-electron chi connectivity index (χ4n) is 0.184. The largest absolute Gasteiger partial charge is 0.665 e. The number of nitrogens with two attached hydrogens (primary N) is 4. The van der Waals surface area contributed by atoms with Crippen LogP contribution in [0.25, 0.3) is 0 Å². The van der Waals surface area contributed by atoms with E-state index in [0.29, 0.717) is 0 Å². The Morgan fingerprint density at radius 1 is 0.737 bits per heavy atom. The third-order valence-corrected chi connectivity index (χ3v) is 2.46. The Hall–Kier alpha value is -1.64. The van der Waals surface area contributed by atoms with Gasteiger partial charge in [0.25, 0.3) is 0 Å². The van der Waals surface area contributed by atoms with Crippen molar-refractivity contribution in [2.75, 3.05) is 0 Å². The van der Waals surface area contributed by atoms with Crippen LogP contribution in [-0.4, -0.2) is 65.7 Å². The highest BCUT2D eigenvalue weighted by Crippen LogP contribution is 1.95. The fraction of sp³-hybridized carbons (Fsp3) is 0. The van der Waals surface area contributed by atoms with Crippen molar-refractivity contribution in [2.45, 2.75) is 0 Å². The summed E-state index contributed by atoms with van der Waals surface area (Å²) in [7, 11) is -9.96. The Labute approximate surface area is 108 Å². The van der Waals surface area contributed by atoms with Crippen molar-refractivity contribution >= 4 is 36.9 Å². The number of urea groups is 2. The Bertz CT molecular complexity index is 218. The predicted octanol–water partition coefficient (Wildman–Crippen LogP) is -6.31. The molecule has 16 heteroatoms. The molecule has 0 aliphatic heterocycles. The lowest BCUT2D eigenvalue weighted by molar-refractivity contribution is -0.0980. The van der Waals surface area contributed by atoms with Gasteiger partial charge < -0.3 is 60.6 Å². The van der Waals surface area contributed by atoms with Crippen LogP contribution in [0.2, 0.25) is 0 Å². The standard InChI is InChI=1S/2CH4N2O.CH2O.H6O7Si2/c2*2-1(3)4;1-2;1-8(2,3)7-9(4,5)6/h2*(H4,2,3,4);1H2;1-6H. The molecule has 0 bridgehead atoms. The van der Waals surface area contributed by atoms with E-state index in [1.165, 1.54) is 0 Å². The zero-order valence-corrected chi connectivity index (χ0v) is 11.3. The van der Waals surface area contributed by atoms with Crippen LogP contribution in [-0.2, 0) is 8.91 Å². The first-order valence-electron chi connectivity index (χ1n) is 3.60. The second-order valence-corrected chi connectivity index (χ2v) is 5.17. The van der Waals surface area contributed by atoms with Crippen LogP contribution in [0.1, 0.15) is 0 Å². The van der Waals surface area contributed by atoms with Crippen LogP contribution in [0.5, 0.6) is 0 Å². The second-order valence-electron chi connectivity index (χ2n) is 2.05. The van der Waals surface area contributed by atoms with Crippen LogP contribution >= 0.6 is 0 Å². The van der Waals surface area contributed by atoms with Crippen LogP contribution in [0.15, 0.2) is 0 Å². The number of hydrogen-bond donors (Lipinski definition) is 10. The van der Waals surface area contributed by atoms with Gasteiger partial charge in [-0.3, -0.25) is 0 Å². The second kappa shape index (κ2) is 12.8. The number of carbonyl (C=O) groups excluding carboxylic acids is 3. The fourth-order valence-corrected chi connectivity index (χ4v) is 1.65. The van der Waals surface area contributed by atoms with E-state index in [1.807, 2.05) is 6.79 Å². The lowest BCUT2D eigenvalue weighted by Crippen LogP contribution is -2.53. The molecule has 4 amide bonds. The van der Waals surface area contributed by atoms with Gasteiger partial charge in [-0.1, -0.05) is 0 Å². The molecule has 0 radical (unpaired) electrons. The van der Waals surface area contributed by atoms with E-state index in [0.717, 1.165) is 0 Å². The smallest absolute Gasteiger partial charge is 0.368 e. The average Bonchev–Trinajstić information content (AvgIpc) is 1.97. The molecule has 19 heavy (non-hydrogen) atoms. The van der Waals surface area contributed by atoms with Gasteiger partial charge in [-0.15, -0.1) is 0 Å². The van der Waals surface area contributed by atoms with Crippen LogP contribution in [0, 0.1) is 0 Å². The molecule has 0 heterocycles. The van der Waals surface area contributed by atoms with Crippen molar-refractivity contribution in [2.24, 2.45) is 22.9 Å². The van der Waals surface area contributed by atoms with E-state index in [4.69, 9.17) is 43.2 Å². The minimum Gasteiger partial charge on any atom is -0.368 e. The molecule has 0 saturated carbocycles. The first kappa shape index (κ1) is 26.0. The Balaban J connectivity index is -0.0000000944. The van der Waals surface area contributed by atoms with Crippen molar-refractivity contribution in [3.63, 3.8) is 0 Å². The van der Waals surface area contributed by atoms with E-state index in [1.54, 1.807) is 0 Å². The number of carbonyl (C=O) groups is 3. The Kier molecular flexibility index (Phi) is 17.6. The maximum Gasteiger partial charge on any atom is 0.665 e. The third kappa shape index (κ3) is 177. The Morgan fingerprint density at radius 2 is 0.842 bits per heavy atom. The molecule has 0 aromatic rings. The molecule has 0 aromatic carbocycles. The lowest BCUT2D eigenvalue weighted by atomic mass is 11.2. The number of amides is 4. The van der Waals surface area contributed by atoms with E-state index in [2.05, 4.69) is 27.0 Å². The molecular weight excluding hydrogens is 308 g/mol. The monoisotopic (exact) mass is 324 g/mol. The first-order valence-corrected chi connectivity index (χ1v) is 7.10. The topological polar surface area (TPSA) is 286 Å². The van der Waals surface area contributed by atoms with Gasteiger partial charge in [-0.2, -0.15) is 0 Å². The molecule has 14 N–H and O–H groups in total. The third-order valence-electron chi connectivity index (χ3n) is 0.274. The summed E-state index contributed by atoms with van der Waals surface area (Å²) in [4.78, 5) is 73.6. The van der Waals surface area contributed by atoms with Gasteiger partial charge in [0.1, 0.15) is 6.79 Å². The van der Waals surface area contributed by atoms with Gasteiger partial charge in [0.15, 0.2) is 0 Å². The van der Waals surface area contributed by atoms with Crippen LogP contribution in [0.4, 0.5) is 9.59 Å². The summed E-state index contributed by atoms with van der Waals surface area (Å²) in [5, 5.41) is 0. The molecule has 116 valence electrons. The maximum atomic E-state index is 9.00. The van der Waals surface area contributed by atoms with Gasteiger partial charge in [-0.05, 0) is 0 Å². The van der Waals surface area contributed by atoms with E-state index < -0.39 is 30.2 Å². The van der Waals surface area contributed by atoms with Crippen molar-refractivity contribution < 1.29 is 47.3 Å². The number of rotatable bonds is 2. The Morgan fingerprint density at radius 3 is 0.842 bits per heavy atom. The molecule has 0 unspecified atom stereocenters. The molecule has 0 fully saturated rings. The molecule has 0 atom stereocenters.